The van der Waals surface area contributed by atoms with Crippen LogP contribution in [0, 0.1) is 0 Å². The highest BCUT2D eigenvalue weighted by Crippen LogP contribution is 2.21. The second-order valence-electron chi connectivity index (χ2n) is 6.19. The molecular formula is C20H22ClN3O3. The largest absolute Gasteiger partial charge is 0.450 e. The second-order valence-corrected chi connectivity index (χ2v) is 6.62. The molecule has 1 aliphatic heterocycles. The van der Waals surface area contributed by atoms with Crippen LogP contribution in [-0.2, 0) is 4.74 Å². The average Bonchev–Trinajstić information content (AvgIpc) is 2.68. The van der Waals surface area contributed by atoms with E-state index in [4.69, 9.17) is 16.3 Å². The number of hydrogen-bond donors (Lipinski definition) is 1. The molecule has 0 saturated carbocycles. The first-order chi connectivity index (χ1) is 13.1. The Bertz CT molecular complexity index is 820. The van der Waals surface area contributed by atoms with Gasteiger partial charge in [-0.1, -0.05) is 23.7 Å². The lowest BCUT2D eigenvalue weighted by atomic mass is 10.1. The molecular weight excluding hydrogens is 366 g/mol. The normalized spacial score (nSPS) is 14.0. The number of carbonyl (C=O) groups excluding carboxylic acids is 2. The van der Waals surface area contributed by atoms with Gasteiger partial charge in [0.25, 0.3) is 5.91 Å². The Labute approximate surface area is 163 Å². The van der Waals surface area contributed by atoms with Crippen molar-refractivity contribution in [3.8, 4) is 0 Å². The summed E-state index contributed by atoms with van der Waals surface area (Å²) in [6, 6.07) is 14.6. The summed E-state index contributed by atoms with van der Waals surface area (Å²) in [7, 11) is 0. The number of piperazine rings is 1. The Balaban J connectivity index is 1.61. The lowest BCUT2D eigenvalue weighted by molar-refractivity contribution is 0.0746. The van der Waals surface area contributed by atoms with Gasteiger partial charge in [-0.05, 0) is 43.3 Å². The maximum Gasteiger partial charge on any atom is 0.411 e. The molecule has 1 saturated heterocycles. The predicted molar refractivity (Wildman–Crippen MR) is 107 cm³/mol. The number of nitrogens with one attached hydrogen (secondary N) is 1. The first kappa shape index (κ1) is 19.0. The van der Waals surface area contributed by atoms with E-state index in [0.717, 1.165) is 18.8 Å². The maximum atomic E-state index is 12.8. The number of amides is 2. The lowest BCUT2D eigenvalue weighted by Gasteiger charge is -2.36. The van der Waals surface area contributed by atoms with Gasteiger partial charge < -0.3 is 14.5 Å². The molecule has 0 spiro atoms. The monoisotopic (exact) mass is 387 g/mol. The summed E-state index contributed by atoms with van der Waals surface area (Å²) in [5.74, 6) is -0.0479. The smallest absolute Gasteiger partial charge is 0.411 e. The highest BCUT2D eigenvalue weighted by molar-refractivity contribution is 6.30. The Morgan fingerprint density at radius 3 is 2.52 bits per heavy atom. The van der Waals surface area contributed by atoms with Crippen LogP contribution in [0.2, 0.25) is 5.02 Å². The number of ether oxygens (including phenoxy) is 1. The van der Waals surface area contributed by atoms with Gasteiger partial charge in [-0.2, -0.15) is 0 Å². The molecule has 0 aromatic heterocycles. The van der Waals surface area contributed by atoms with E-state index in [1.807, 2.05) is 29.2 Å². The van der Waals surface area contributed by atoms with E-state index < -0.39 is 6.09 Å². The van der Waals surface area contributed by atoms with Crippen LogP contribution in [0.3, 0.4) is 0 Å². The zero-order valence-electron chi connectivity index (χ0n) is 15.2. The molecule has 2 aromatic rings. The minimum absolute atomic E-state index is 0.0479. The van der Waals surface area contributed by atoms with Crippen LogP contribution >= 0.6 is 11.6 Å². The topological polar surface area (TPSA) is 61.9 Å². The highest BCUT2D eigenvalue weighted by Gasteiger charge is 2.22. The molecule has 1 heterocycles. The van der Waals surface area contributed by atoms with Crippen molar-refractivity contribution in [3.05, 3.63) is 59.1 Å². The summed E-state index contributed by atoms with van der Waals surface area (Å²) < 4.78 is 4.86. The summed E-state index contributed by atoms with van der Waals surface area (Å²) in [4.78, 5) is 28.4. The van der Waals surface area contributed by atoms with Gasteiger partial charge >= 0.3 is 6.09 Å². The van der Waals surface area contributed by atoms with Crippen LogP contribution in [0.1, 0.15) is 17.3 Å². The van der Waals surface area contributed by atoms with Gasteiger partial charge in [0.1, 0.15) is 0 Å². The zero-order chi connectivity index (χ0) is 19.2. The molecule has 1 aliphatic rings. The van der Waals surface area contributed by atoms with Crippen molar-refractivity contribution in [3.63, 3.8) is 0 Å². The second kappa shape index (κ2) is 8.77. The molecule has 2 aromatic carbocycles. The van der Waals surface area contributed by atoms with Crippen molar-refractivity contribution in [2.24, 2.45) is 0 Å². The third-order valence-corrected chi connectivity index (χ3v) is 4.61. The number of anilines is 2. The number of hydrogen-bond acceptors (Lipinski definition) is 4. The van der Waals surface area contributed by atoms with E-state index in [1.165, 1.54) is 0 Å². The van der Waals surface area contributed by atoms with Crippen LogP contribution in [0.15, 0.2) is 48.5 Å². The van der Waals surface area contributed by atoms with Gasteiger partial charge in [-0.25, -0.2) is 4.79 Å². The summed E-state index contributed by atoms with van der Waals surface area (Å²) in [6.07, 6.45) is -0.530. The lowest BCUT2D eigenvalue weighted by Crippen LogP contribution is -2.48. The van der Waals surface area contributed by atoms with Crippen LogP contribution < -0.4 is 10.2 Å². The number of rotatable bonds is 4. The van der Waals surface area contributed by atoms with Crippen molar-refractivity contribution in [1.29, 1.82) is 0 Å². The van der Waals surface area contributed by atoms with Gasteiger partial charge in [0.05, 0.1) is 6.61 Å². The Morgan fingerprint density at radius 1 is 1.07 bits per heavy atom. The molecule has 3 rings (SSSR count). The fourth-order valence-electron chi connectivity index (χ4n) is 3.04. The molecule has 6 nitrogen and oxygen atoms in total. The van der Waals surface area contributed by atoms with Crippen LogP contribution in [0.25, 0.3) is 0 Å². The molecule has 7 heteroatoms. The van der Waals surface area contributed by atoms with Crippen LogP contribution in [-0.4, -0.2) is 49.7 Å². The number of nitrogens with zero attached hydrogens (tertiary/aromatic N) is 2. The third-order valence-electron chi connectivity index (χ3n) is 4.37. The van der Waals surface area contributed by atoms with Crippen molar-refractivity contribution in [2.75, 3.05) is 43.0 Å². The molecule has 0 atom stereocenters. The standard InChI is InChI=1S/C20H22ClN3O3/c1-2-27-20(26)22-17-7-3-5-15(13-17)19(25)24-11-9-23(10-12-24)18-8-4-6-16(21)14-18/h3-8,13-14H,2,9-12H2,1H3,(H,22,26). The molecule has 0 aliphatic carbocycles. The van der Waals surface area contributed by atoms with Gasteiger partial charge in [0.15, 0.2) is 0 Å². The Kier molecular flexibility index (Phi) is 6.19. The van der Waals surface area contributed by atoms with Gasteiger partial charge in [0.2, 0.25) is 0 Å². The highest BCUT2D eigenvalue weighted by atomic mass is 35.5. The molecule has 0 unspecified atom stereocenters. The molecule has 1 fully saturated rings. The number of benzene rings is 2. The molecule has 2 amide bonds. The fraction of sp³-hybridized carbons (Fsp3) is 0.300. The molecule has 1 N–H and O–H groups in total. The summed E-state index contributed by atoms with van der Waals surface area (Å²) in [5.41, 5.74) is 2.15. The van der Waals surface area contributed by atoms with Crippen molar-refractivity contribution in [1.82, 2.24) is 4.90 Å². The van der Waals surface area contributed by atoms with Crippen molar-refractivity contribution >= 4 is 35.0 Å². The quantitative estimate of drug-likeness (QED) is 0.865. The summed E-state index contributed by atoms with van der Waals surface area (Å²) >= 11 is 6.06. The fourth-order valence-corrected chi connectivity index (χ4v) is 3.22. The van der Waals surface area contributed by atoms with E-state index in [9.17, 15) is 9.59 Å². The van der Waals surface area contributed by atoms with Crippen molar-refractivity contribution in [2.45, 2.75) is 6.92 Å². The van der Waals surface area contributed by atoms with E-state index in [2.05, 4.69) is 10.2 Å². The number of carbonyl (C=O) groups is 2. The molecule has 0 radical (unpaired) electrons. The zero-order valence-corrected chi connectivity index (χ0v) is 15.9. The van der Waals surface area contributed by atoms with E-state index in [-0.39, 0.29) is 5.91 Å². The molecule has 27 heavy (non-hydrogen) atoms. The Hall–Kier alpha value is -2.73. The van der Waals surface area contributed by atoms with E-state index in [0.29, 0.717) is 36.0 Å². The minimum atomic E-state index is -0.530. The van der Waals surface area contributed by atoms with Crippen LogP contribution in [0.4, 0.5) is 16.2 Å². The summed E-state index contributed by atoms with van der Waals surface area (Å²) in [6.45, 7) is 4.77. The van der Waals surface area contributed by atoms with E-state index >= 15 is 0 Å². The first-order valence-corrected chi connectivity index (χ1v) is 9.28. The van der Waals surface area contributed by atoms with Gasteiger partial charge in [-0.15, -0.1) is 0 Å². The van der Waals surface area contributed by atoms with Gasteiger partial charge in [-0.3, -0.25) is 10.1 Å². The minimum Gasteiger partial charge on any atom is -0.450 e. The van der Waals surface area contributed by atoms with Crippen LogP contribution in [0.5, 0.6) is 0 Å². The maximum absolute atomic E-state index is 12.8. The summed E-state index contributed by atoms with van der Waals surface area (Å²) in [5, 5.41) is 3.33. The molecule has 0 bridgehead atoms. The third kappa shape index (κ3) is 4.92. The average molecular weight is 388 g/mol. The Morgan fingerprint density at radius 2 is 1.81 bits per heavy atom. The SMILES string of the molecule is CCOC(=O)Nc1cccc(C(=O)N2CCN(c3cccc(Cl)c3)CC2)c1. The van der Waals surface area contributed by atoms with E-state index in [1.54, 1.807) is 31.2 Å². The van der Waals surface area contributed by atoms with Gasteiger partial charge in [0, 0.05) is 48.1 Å². The number of halogens is 1. The first-order valence-electron chi connectivity index (χ1n) is 8.90. The predicted octanol–water partition coefficient (Wildman–Crippen LogP) is 3.87. The molecule has 142 valence electrons. The van der Waals surface area contributed by atoms with Crippen molar-refractivity contribution < 1.29 is 14.3 Å².